The monoisotopic (exact) mass is 314 g/mol. The van der Waals surface area contributed by atoms with Crippen molar-refractivity contribution in [3.05, 3.63) is 66.6 Å². The van der Waals surface area contributed by atoms with Gasteiger partial charge in [0.2, 0.25) is 0 Å². The highest BCUT2D eigenvalue weighted by Gasteiger charge is 2.31. The van der Waals surface area contributed by atoms with Crippen molar-refractivity contribution in [1.82, 2.24) is 14.5 Å². The molecule has 0 saturated carbocycles. The van der Waals surface area contributed by atoms with E-state index in [4.69, 9.17) is 4.98 Å². The number of nitrogens with zero attached hydrogens (tertiary/aromatic N) is 4. The fourth-order valence-electron chi connectivity index (χ4n) is 3.80. The van der Waals surface area contributed by atoms with Crippen LogP contribution in [-0.2, 0) is 0 Å². The topological polar surface area (TPSA) is 34.0 Å². The molecule has 0 atom stereocenters. The summed E-state index contributed by atoms with van der Waals surface area (Å²) < 4.78 is 2.38. The van der Waals surface area contributed by atoms with E-state index in [0.717, 1.165) is 29.9 Å². The Labute approximate surface area is 140 Å². The van der Waals surface area contributed by atoms with Crippen LogP contribution >= 0.6 is 0 Å². The van der Waals surface area contributed by atoms with Crippen molar-refractivity contribution in [3.63, 3.8) is 0 Å². The van der Waals surface area contributed by atoms with E-state index >= 15 is 0 Å². The average Bonchev–Trinajstić information content (AvgIpc) is 2.90. The number of para-hydroxylation sites is 3. The first kappa shape index (κ1) is 13.5. The Morgan fingerprint density at radius 3 is 2.54 bits per heavy atom. The van der Waals surface area contributed by atoms with Gasteiger partial charge in [0.1, 0.15) is 5.82 Å². The number of anilines is 1. The summed E-state index contributed by atoms with van der Waals surface area (Å²) in [6, 6.07) is 19.3. The van der Waals surface area contributed by atoms with Crippen molar-refractivity contribution in [2.75, 3.05) is 18.0 Å². The number of fused-ring (bicyclic) bond motifs is 2. The van der Waals surface area contributed by atoms with Gasteiger partial charge in [-0.15, -0.1) is 0 Å². The molecule has 118 valence electrons. The molecular formula is C20H18N4. The summed E-state index contributed by atoms with van der Waals surface area (Å²) in [4.78, 5) is 11.6. The highest BCUT2D eigenvalue weighted by Crippen LogP contribution is 2.34. The number of imidazole rings is 1. The van der Waals surface area contributed by atoms with Crippen LogP contribution in [0.3, 0.4) is 0 Å². The van der Waals surface area contributed by atoms with E-state index in [1.807, 2.05) is 12.3 Å². The first-order chi connectivity index (χ1) is 11.8. The van der Waals surface area contributed by atoms with E-state index < -0.39 is 0 Å². The number of hydrogen-bond acceptors (Lipinski definition) is 3. The average molecular weight is 314 g/mol. The predicted molar refractivity (Wildman–Crippen MR) is 97.5 cm³/mol. The van der Waals surface area contributed by atoms with Crippen molar-refractivity contribution >= 4 is 27.6 Å². The lowest BCUT2D eigenvalue weighted by atomic mass is 10.0. The van der Waals surface area contributed by atoms with Crippen molar-refractivity contribution in [1.29, 1.82) is 0 Å². The zero-order chi connectivity index (χ0) is 16.1. The molecule has 0 amide bonds. The van der Waals surface area contributed by atoms with Crippen LogP contribution in [0.25, 0.3) is 21.9 Å². The summed E-state index contributed by atoms with van der Waals surface area (Å²) in [6.07, 6.45) is 1.91. The molecule has 0 aliphatic carbocycles. The van der Waals surface area contributed by atoms with Crippen molar-refractivity contribution in [2.45, 2.75) is 13.0 Å². The molecule has 5 rings (SSSR count). The second-order valence-electron chi connectivity index (χ2n) is 6.42. The summed E-state index contributed by atoms with van der Waals surface area (Å²) >= 11 is 0. The predicted octanol–water partition coefficient (Wildman–Crippen LogP) is 3.95. The Kier molecular flexibility index (Phi) is 2.86. The van der Waals surface area contributed by atoms with Crippen LogP contribution < -0.4 is 4.90 Å². The Bertz CT molecular complexity index is 1040. The molecule has 1 fully saturated rings. The summed E-state index contributed by atoms with van der Waals surface area (Å²) in [5.41, 5.74) is 4.66. The normalized spacial score (nSPS) is 15.1. The third-order valence-electron chi connectivity index (χ3n) is 4.97. The van der Waals surface area contributed by atoms with Crippen molar-refractivity contribution in [3.8, 4) is 0 Å². The zero-order valence-electron chi connectivity index (χ0n) is 13.6. The van der Waals surface area contributed by atoms with Gasteiger partial charge in [0.05, 0.1) is 22.6 Å². The van der Waals surface area contributed by atoms with Gasteiger partial charge >= 0.3 is 0 Å². The Morgan fingerprint density at radius 1 is 0.917 bits per heavy atom. The number of aryl methyl sites for hydroxylation is 1. The number of aromatic nitrogens is 3. The second-order valence-corrected chi connectivity index (χ2v) is 6.42. The van der Waals surface area contributed by atoms with E-state index in [1.165, 1.54) is 16.6 Å². The molecule has 0 unspecified atom stereocenters. The van der Waals surface area contributed by atoms with Crippen LogP contribution in [0.4, 0.5) is 5.69 Å². The molecule has 1 saturated heterocycles. The number of rotatable bonds is 2. The molecule has 0 bridgehead atoms. The molecule has 0 radical (unpaired) electrons. The lowest BCUT2D eigenvalue weighted by molar-refractivity contribution is 0.402. The van der Waals surface area contributed by atoms with Gasteiger partial charge in [0.25, 0.3) is 0 Å². The molecule has 1 aliphatic heterocycles. The Hall–Kier alpha value is -2.88. The summed E-state index contributed by atoms with van der Waals surface area (Å²) in [5.74, 6) is 1.10. The second kappa shape index (κ2) is 5.06. The molecule has 2 aromatic heterocycles. The highest BCUT2D eigenvalue weighted by molar-refractivity contribution is 5.91. The Morgan fingerprint density at radius 2 is 1.67 bits per heavy atom. The summed E-state index contributed by atoms with van der Waals surface area (Å²) in [7, 11) is 0. The smallest absolute Gasteiger partial charge is 0.107 e. The van der Waals surface area contributed by atoms with Gasteiger partial charge in [0.15, 0.2) is 0 Å². The van der Waals surface area contributed by atoms with Gasteiger partial charge in [-0.3, -0.25) is 4.98 Å². The fourth-order valence-corrected chi connectivity index (χ4v) is 3.80. The molecule has 3 heterocycles. The van der Waals surface area contributed by atoms with E-state index in [0.29, 0.717) is 6.04 Å². The van der Waals surface area contributed by atoms with Gasteiger partial charge in [-0.2, -0.15) is 0 Å². The fraction of sp³-hybridized carbons (Fsp3) is 0.200. The minimum atomic E-state index is 0.476. The van der Waals surface area contributed by atoms with Crippen molar-refractivity contribution < 1.29 is 0 Å². The van der Waals surface area contributed by atoms with Crippen molar-refractivity contribution in [2.24, 2.45) is 0 Å². The third kappa shape index (κ3) is 1.92. The van der Waals surface area contributed by atoms with E-state index in [-0.39, 0.29) is 0 Å². The van der Waals surface area contributed by atoms with Crippen LogP contribution in [0.1, 0.15) is 11.9 Å². The van der Waals surface area contributed by atoms with Gasteiger partial charge in [0, 0.05) is 30.4 Å². The number of hydrogen-bond donors (Lipinski definition) is 0. The van der Waals surface area contributed by atoms with Gasteiger partial charge in [-0.1, -0.05) is 30.3 Å². The van der Waals surface area contributed by atoms with Crippen LogP contribution in [0.2, 0.25) is 0 Å². The highest BCUT2D eigenvalue weighted by atomic mass is 15.3. The molecule has 2 aromatic carbocycles. The van der Waals surface area contributed by atoms with Gasteiger partial charge in [-0.25, -0.2) is 4.98 Å². The first-order valence-electron chi connectivity index (χ1n) is 8.33. The van der Waals surface area contributed by atoms with Gasteiger partial charge in [-0.05, 0) is 31.2 Å². The number of benzene rings is 2. The van der Waals surface area contributed by atoms with E-state index in [2.05, 4.69) is 69.9 Å². The molecular weight excluding hydrogens is 296 g/mol. The van der Waals surface area contributed by atoms with E-state index in [9.17, 15) is 0 Å². The molecule has 0 N–H and O–H groups in total. The molecule has 4 nitrogen and oxygen atoms in total. The number of pyridine rings is 1. The standard InChI is InChI=1S/C20H18N4/c1-14-22-18-8-4-5-9-20(18)24(14)15-12-23(13-15)19-10-11-21-17-7-3-2-6-16(17)19/h2-11,15H,12-13H2,1H3. The zero-order valence-corrected chi connectivity index (χ0v) is 13.6. The third-order valence-corrected chi connectivity index (χ3v) is 4.97. The first-order valence-corrected chi connectivity index (χ1v) is 8.33. The molecule has 0 spiro atoms. The van der Waals surface area contributed by atoms with Crippen LogP contribution in [0.5, 0.6) is 0 Å². The largest absolute Gasteiger partial charge is 0.367 e. The van der Waals surface area contributed by atoms with E-state index in [1.54, 1.807) is 0 Å². The summed E-state index contributed by atoms with van der Waals surface area (Å²) in [6.45, 7) is 4.12. The summed E-state index contributed by atoms with van der Waals surface area (Å²) in [5, 5.41) is 1.23. The van der Waals surface area contributed by atoms with Crippen LogP contribution in [0, 0.1) is 6.92 Å². The maximum atomic E-state index is 4.70. The van der Waals surface area contributed by atoms with Crippen LogP contribution in [-0.4, -0.2) is 27.6 Å². The molecule has 24 heavy (non-hydrogen) atoms. The Balaban J connectivity index is 1.49. The SMILES string of the molecule is Cc1nc2ccccc2n1C1CN(c2ccnc3ccccc23)C1. The molecule has 1 aliphatic rings. The minimum Gasteiger partial charge on any atom is -0.367 e. The maximum Gasteiger partial charge on any atom is 0.107 e. The van der Waals surface area contributed by atoms with Crippen LogP contribution in [0.15, 0.2) is 60.8 Å². The minimum absolute atomic E-state index is 0.476. The maximum absolute atomic E-state index is 4.70. The molecule has 4 aromatic rings. The quantitative estimate of drug-likeness (QED) is 0.562. The lowest BCUT2D eigenvalue weighted by Crippen LogP contribution is -2.48. The molecule has 4 heteroatoms. The lowest BCUT2D eigenvalue weighted by Gasteiger charge is -2.42. The van der Waals surface area contributed by atoms with Gasteiger partial charge < -0.3 is 9.47 Å².